The molecule has 1 atom stereocenters. The van der Waals surface area contributed by atoms with Gasteiger partial charge >= 0.3 is 6.03 Å². The fraction of sp³-hybridized carbons (Fsp3) is 0.214. The van der Waals surface area contributed by atoms with Crippen LogP contribution >= 0.6 is 11.3 Å². The molecule has 6 rings (SSSR count). The molecule has 192 valence electrons. The first kappa shape index (κ1) is 23.9. The van der Waals surface area contributed by atoms with Crippen molar-refractivity contribution >= 4 is 56.5 Å². The van der Waals surface area contributed by atoms with Gasteiger partial charge in [-0.25, -0.2) is 9.78 Å². The lowest BCUT2D eigenvalue weighted by Gasteiger charge is -2.31. The number of likely N-dealkylation sites (tertiary alicyclic amines) is 1. The lowest BCUT2D eigenvalue weighted by molar-refractivity contribution is -0.132. The number of pyridine rings is 1. The normalized spacial score (nSPS) is 16.9. The van der Waals surface area contributed by atoms with Crippen molar-refractivity contribution in [1.29, 1.82) is 0 Å². The molecule has 9 nitrogen and oxygen atoms in total. The number of likely N-dealkylation sites (N-methyl/N-ethyl adjacent to an activating group) is 1. The Labute approximate surface area is 223 Å². The number of aryl methyl sites for hydroxylation is 1. The minimum absolute atomic E-state index is 0.0728. The highest BCUT2D eigenvalue weighted by atomic mass is 32.1. The SMILES string of the molecule is Cc1cc(Oc2ccccc2)ccc1N1C(=O)Nc2c(C(=O)NC3CCC(=O)N(C)C3)sc3nccc1c23. The number of carbonyl (C=O) groups excluding carboxylic acids is 3. The van der Waals surface area contributed by atoms with Crippen molar-refractivity contribution < 1.29 is 19.1 Å². The van der Waals surface area contributed by atoms with Crippen molar-refractivity contribution in [2.24, 2.45) is 0 Å². The van der Waals surface area contributed by atoms with Gasteiger partial charge in [0.1, 0.15) is 21.2 Å². The number of amides is 4. The molecule has 38 heavy (non-hydrogen) atoms. The Morgan fingerprint density at radius 3 is 2.68 bits per heavy atom. The molecule has 1 saturated heterocycles. The molecule has 4 heterocycles. The van der Waals surface area contributed by atoms with Gasteiger partial charge in [0.05, 0.1) is 22.4 Å². The number of carbonyl (C=O) groups is 3. The molecular weight excluding hydrogens is 502 g/mol. The van der Waals surface area contributed by atoms with Crippen LogP contribution in [0.3, 0.4) is 0 Å². The lowest BCUT2D eigenvalue weighted by atomic mass is 10.1. The molecule has 2 aromatic carbocycles. The second kappa shape index (κ2) is 9.46. The quantitative estimate of drug-likeness (QED) is 0.360. The van der Waals surface area contributed by atoms with Crippen LogP contribution in [-0.2, 0) is 4.79 Å². The van der Waals surface area contributed by atoms with Gasteiger partial charge < -0.3 is 20.3 Å². The van der Waals surface area contributed by atoms with Crippen LogP contribution in [0.4, 0.5) is 21.9 Å². The minimum atomic E-state index is -0.361. The number of rotatable bonds is 5. The minimum Gasteiger partial charge on any atom is -0.457 e. The molecule has 2 aliphatic rings. The van der Waals surface area contributed by atoms with E-state index < -0.39 is 0 Å². The van der Waals surface area contributed by atoms with Crippen LogP contribution in [0.25, 0.3) is 10.2 Å². The zero-order valence-corrected chi connectivity index (χ0v) is 21.7. The Kier molecular flexibility index (Phi) is 5.96. The Hall–Kier alpha value is -4.44. The van der Waals surface area contributed by atoms with Gasteiger partial charge in [-0.1, -0.05) is 18.2 Å². The average Bonchev–Trinajstić information content (AvgIpc) is 3.27. The van der Waals surface area contributed by atoms with Gasteiger partial charge in [0.15, 0.2) is 0 Å². The predicted molar refractivity (Wildman–Crippen MR) is 147 cm³/mol. The van der Waals surface area contributed by atoms with Crippen LogP contribution < -0.4 is 20.3 Å². The third-order valence-electron chi connectivity index (χ3n) is 6.80. The van der Waals surface area contributed by atoms with Crippen LogP contribution in [0.2, 0.25) is 0 Å². The lowest BCUT2D eigenvalue weighted by Crippen LogP contribution is -2.48. The van der Waals surface area contributed by atoms with Crippen molar-refractivity contribution in [1.82, 2.24) is 15.2 Å². The van der Waals surface area contributed by atoms with Crippen LogP contribution in [0.1, 0.15) is 28.1 Å². The number of piperidine rings is 1. The number of benzene rings is 2. The average molecular weight is 528 g/mol. The Balaban J connectivity index is 1.32. The third kappa shape index (κ3) is 4.22. The second-order valence-electron chi connectivity index (χ2n) is 9.43. The van der Waals surface area contributed by atoms with Crippen molar-refractivity contribution in [3.8, 4) is 11.5 Å². The fourth-order valence-corrected chi connectivity index (χ4v) is 5.95. The van der Waals surface area contributed by atoms with Crippen molar-refractivity contribution in [3.63, 3.8) is 0 Å². The van der Waals surface area contributed by atoms with Gasteiger partial charge in [-0.15, -0.1) is 11.3 Å². The number of hydrogen-bond acceptors (Lipinski definition) is 6. The number of aromatic nitrogens is 1. The number of hydrogen-bond donors (Lipinski definition) is 2. The van der Waals surface area contributed by atoms with E-state index in [2.05, 4.69) is 15.6 Å². The Morgan fingerprint density at radius 1 is 1.11 bits per heavy atom. The molecule has 4 amide bonds. The maximum absolute atomic E-state index is 13.5. The van der Waals surface area contributed by atoms with Crippen molar-refractivity contribution in [2.45, 2.75) is 25.8 Å². The summed E-state index contributed by atoms with van der Waals surface area (Å²) in [5.74, 6) is 1.18. The van der Waals surface area contributed by atoms with Crippen LogP contribution in [0.15, 0.2) is 60.8 Å². The number of nitrogens with one attached hydrogen (secondary N) is 2. The van der Waals surface area contributed by atoms with E-state index in [1.807, 2.05) is 55.5 Å². The second-order valence-corrected chi connectivity index (χ2v) is 10.4. The van der Waals surface area contributed by atoms with Gasteiger partial charge in [-0.2, -0.15) is 0 Å². The van der Waals surface area contributed by atoms with E-state index in [4.69, 9.17) is 4.74 Å². The fourth-order valence-electron chi connectivity index (χ4n) is 4.93. The van der Waals surface area contributed by atoms with Gasteiger partial charge in [-0.3, -0.25) is 14.5 Å². The standard InChI is InChI=1S/C28H25N5O4S/c1-16-14-19(37-18-6-4-3-5-7-18)9-10-20(16)33-21-12-13-29-27-23(21)24(31-28(33)36)25(38-27)26(35)30-17-8-11-22(34)32(2)15-17/h3-7,9-10,12-14,17H,8,11,15H2,1-2H3,(H,30,35)(H,31,36). The molecule has 0 radical (unpaired) electrons. The summed E-state index contributed by atoms with van der Waals surface area (Å²) < 4.78 is 5.95. The van der Waals surface area contributed by atoms with E-state index in [-0.39, 0.29) is 23.9 Å². The molecule has 1 fully saturated rings. The van der Waals surface area contributed by atoms with E-state index in [1.165, 1.54) is 11.3 Å². The van der Waals surface area contributed by atoms with Gasteiger partial charge in [0, 0.05) is 32.3 Å². The molecule has 2 N–H and O–H groups in total. The van der Waals surface area contributed by atoms with E-state index in [0.717, 1.165) is 16.7 Å². The number of urea groups is 1. The molecule has 10 heteroatoms. The first-order chi connectivity index (χ1) is 18.4. The number of nitrogens with zero attached hydrogens (tertiary/aromatic N) is 3. The largest absolute Gasteiger partial charge is 0.457 e. The number of thiophene rings is 1. The summed E-state index contributed by atoms with van der Waals surface area (Å²) in [6.45, 7) is 2.38. The summed E-state index contributed by atoms with van der Waals surface area (Å²) in [7, 11) is 1.73. The van der Waals surface area contributed by atoms with E-state index in [1.54, 1.807) is 29.1 Å². The molecule has 4 aromatic rings. The zero-order valence-electron chi connectivity index (χ0n) is 20.9. The number of ether oxygens (including phenoxy) is 1. The van der Waals surface area contributed by atoms with Crippen molar-refractivity contribution in [3.05, 3.63) is 71.2 Å². The first-order valence-electron chi connectivity index (χ1n) is 12.3. The molecule has 2 aromatic heterocycles. The Bertz CT molecular complexity index is 1590. The van der Waals surface area contributed by atoms with E-state index in [9.17, 15) is 14.4 Å². The zero-order chi connectivity index (χ0) is 26.4. The number of para-hydroxylation sites is 1. The van der Waals surface area contributed by atoms with Crippen molar-refractivity contribution in [2.75, 3.05) is 23.8 Å². The monoisotopic (exact) mass is 527 g/mol. The molecule has 0 aliphatic carbocycles. The molecule has 2 aliphatic heterocycles. The summed E-state index contributed by atoms with van der Waals surface area (Å²) in [6.07, 6.45) is 2.63. The topological polar surface area (TPSA) is 104 Å². The van der Waals surface area contributed by atoms with E-state index in [0.29, 0.717) is 51.9 Å². The van der Waals surface area contributed by atoms with Gasteiger partial charge in [0.2, 0.25) is 5.91 Å². The summed E-state index contributed by atoms with van der Waals surface area (Å²) in [5, 5.41) is 6.69. The smallest absolute Gasteiger partial charge is 0.331 e. The number of anilines is 3. The highest BCUT2D eigenvalue weighted by Crippen LogP contribution is 2.46. The van der Waals surface area contributed by atoms with Crippen LogP contribution in [0, 0.1) is 6.92 Å². The molecular formula is C28H25N5O4S. The predicted octanol–water partition coefficient (Wildman–Crippen LogP) is 5.43. The maximum Gasteiger partial charge on any atom is 0.331 e. The molecule has 0 bridgehead atoms. The summed E-state index contributed by atoms with van der Waals surface area (Å²) in [5.41, 5.74) is 2.68. The van der Waals surface area contributed by atoms with Gasteiger partial charge in [0.25, 0.3) is 5.91 Å². The highest BCUT2D eigenvalue weighted by molar-refractivity contribution is 7.21. The molecule has 0 spiro atoms. The summed E-state index contributed by atoms with van der Waals surface area (Å²) in [6, 6.07) is 16.4. The summed E-state index contributed by atoms with van der Waals surface area (Å²) in [4.78, 5) is 47.3. The van der Waals surface area contributed by atoms with Crippen LogP contribution in [-0.4, -0.2) is 47.4 Å². The first-order valence-corrected chi connectivity index (χ1v) is 13.1. The van der Waals surface area contributed by atoms with Crippen LogP contribution in [0.5, 0.6) is 11.5 Å². The van der Waals surface area contributed by atoms with Gasteiger partial charge in [-0.05, 0) is 55.3 Å². The maximum atomic E-state index is 13.5. The van der Waals surface area contributed by atoms with E-state index >= 15 is 0 Å². The summed E-state index contributed by atoms with van der Waals surface area (Å²) >= 11 is 1.24. The third-order valence-corrected chi connectivity index (χ3v) is 7.90. The molecule has 1 unspecified atom stereocenters. The Morgan fingerprint density at radius 2 is 1.92 bits per heavy atom. The highest BCUT2D eigenvalue weighted by Gasteiger charge is 2.34. The molecule has 0 saturated carbocycles.